The summed E-state index contributed by atoms with van der Waals surface area (Å²) in [6.07, 6.45) is 0. The second-order valence-electron chi connectivity index (χ2n) is 2.41. The highest BCUT2D eigenvalue weighted by Crippen LogP contribution is 2.27. The van der Waals surface area contributed by atoms with Crippen LogP contribution in [0.1, 0.15) is 6.92 Å². The van der Waals surface area contributed by atoms with Crippen molar-refractivity contribution >= 4 is 23.1 Å². The lowest BCUT2D eigenvalue weighted by molar-refractivity contribution is -0.384. The van der Waals surface area contributed by atoms with Gasteiger partial charge in [-0.1, -0.05) is 6.92 Å². The Morgan fingerprint density at radius 3 is 2.77 bits per heavy atom. The number of hydrogen-bond donors (Lipinski definition) is 1. The number of non-ortho nitro benzene ring substituents is 1. The molecule has 1 rings (SSSR count). The van der Waals surface area contributed by atoms with E-state index in [1.54, 1.807) is 17.8 Å². The van der Waals surface area contributed by atoms with Gasteiger partial charge in [-0.05, 0) is 11.8 Å². The number of nitro benzene ring substituents is 1. The van der Waals surface area contributed by atoms with Crippen LogP contribution in [0.15, 0.2) is 23.1 Å². The quantitative estimate of drug-likeness (QED) is 0.350. The van der Waals surface area contributed by atoms with Crippen LogP contribution in [-0.4, -0.2) is 10.7 Å². The first-order valence-corrected chi connectivity index (χ1v) is 4.80. The molecule has 1 aromatic rings. The molecule has 13 heavy (non-hydrogen) atoms. The van der Waals surface area contributed by atoms with E-state index in [2.05, 4.69) is 0 Å². The number of nitrogen functional groups attached to an aromatic ring is 1. The molecule has 70 valence electrons. The molecule has 0 heterocycles. The van der Waals surface area contributed by atoms with Crippen molar-refractivity contribution in [2.45, 2.75) is 11.8 Å². The third kappa shape index (κ3) is 2.35. The lowest BCUT2D eigenvalue weighted by atomic mass is 10.3. The molecular weight excluding hydrogens is 188 g/mol. The fourth-order valence-corrected chi connectivity index (χ4v) is 1.64. The summed E-state index contributed by atoms with van der Waals surface area (Å²) in [6.45, 7) is 2.01. The maximum absolute atomic E-state index is 10.4. The Morgan fingerprint density at radius 1 is 1.62 bits per heavy atom. The van der Waals surface area contributed by atoms with Gasteiger partial charge in [0.2, 0.25) is 0 Å². The van der Waals surface area contributed by atoms with E-state index in [0.29, 0.717) is 5.69 Å². The van der Waals surface area contributed by atoms with Gasteiger partial charge in [-0.15, -0.1) is 11.8 Å². The summed E-state index contributed by atoms with van der Waals surface area (Å²) in [7, 11) is 0. The Morgan fingerprint density at radius 2 is 2.31 bits per heavy atom. The summed E-state index contributed by atoms with van der Waals surface area (Å²) >= 11 is 1.57. The molecule has 0 bridgehead atoms. The standard InChI is InChI=1S/C8H10N2O2S/c1-2-13-8-4-3-6(10(11)12)5-7(8)9/h3-5H,2,9H2,1H3. The third-order valence-corrected chi connectivity index (χ3v) is 2.48. The predicted molar refractivity (Wildman–Crippen MR) is 53.9 cm³/mol. The van der Waals surface area contributed by atoms with Crippen LogP contribution in [0.4, 0.5) is 11.4 Å². The van der Waals surface area contributed by atoms with Gasteiger partial charge in [-0.25, -0.2) is 0 Å². The first-order valence-electron chi connectivity index (χ1n) is 3.82. The van der Waals surface area contributed by atoms with Crippen LogP contribution in [-0.2, 0) is 0 Å². The maximum Gasteiger partial charge on any atom is 0.271 e. The zero-order chi connectivity index (χ0) is 9.84. The minimum absolute atomic E-state index is 0.0398. The molecule has 0 aromatic heterocycles. The van der Waals surface area contributed by atoms with E-state index < -0.39 is 4.92 Å². The molecule has 0 fully saturated rings. The molecule has 0 saturated heterocycles. The van der Waals surface area contributed by atoms with E-state index in [-0.39, 0.29) is 5.69 Å². The predicted octanol–water partition coefficient (Wildman–Crippen LogP) is 2.29. The molecule has 5 heteroatoms. The zero-order valence-electron chi connectivity index (χ0n) is 7.19. The fourth-order valence-electron chi connectivity index (χ4n) is 0.936. The molecule has 0 aliphatic rings. The highest BCUT2D eigenvalue weighted by Gasteiger charge is 2.07. The number of hydrogen-bond acceptors (Lipinski definition) is 4. The Bertz CT molecular complexity index is 328. The van der Waals surface area contributed by atoms with Crippen molar-refractivity contribution in [2.24, 2.45) is 0 Å². The summed E-state index contributed by atoms with van der Waals surface area (Å²) in [5, 5.41) is 10.4. The van der Waals surface area contributed by atoms with E-state index in [4.69, 9.17) is 5.73 Å². The van der Waals surface area contributed by atoms with Crippen molar-refractivity contribution in [3.8, 4) is 0 Å². The largest absolute Gasteiger partial charge is 0.398 e. The van der Waals surface area contributed by atoms with Gasteiger partial charge in [-0.3, -0.25) is 10.1 Å². The van der Waals surface area contributed by atoms with Crippen LogP contribution < -0.4 is 5.73 Å². The fraction of sp³-hybridized carbons (Fsp3) is 0.250. The van der Waals surface area contributed by atoms with Crippen molar-refractivity contribution in [1.82, 2.24) is 0 Å². The van der Waals surface area contributed by atoms with Gasteiger partial charge in [-0.2, -0.15) is 0 Å². The van der Waals surface area contributed by atoms with Gasteiger partial charge in [0.1, 0.15) is 0 Å². The Labute approximate surface area is 80.3 Å². The van der Waals surface area contributed by atoms with Gasteiger partial charge in [0.15, 0.2) is 0 Å². The van der Waals surface area contributed by atoms with Crippen molar-refractivity contribution in [3.05, 3.63) is 28.3 Å². The van der Waals surface area contributed by atoms with Crippen molar-refractivity contribution < 1.29 is 4.92 Å². The maximum atomic E-state index is 10.4. The Kier molecular flexibility index (Phi) is 3.13. The minimum Gasteiger partial charge on any atom is -0.398 e. The van der Waals surface area contributed by atoms with Gasteiger partial charge in [0, 0.05) is 17.0 Å². The van der Waals surface area contributed by atoms with Crippen LogP contribution in [0.3, 0.4) is 0 Å². The summed E-state index contributed by atoms with van der Waals surface area (Å²) in [6, 6.07) is 4.54. The summed E-state index contributed by atoms with van der Waals surface area (Å²) < 4.78 is 0. The SMILES string of the molecule is CCSc1ccc([N+](=O)[O-])cc1N. The highest BCUT2D eigenvalue weighted by atomic mass is 32.2. The molecule has 0 amide bonds. The lowest BCUT2D eigenvalue weighted by Crippen LogP contribution is -1.93. The second-order valence-corrected chi connectivity index (χ2v) is 3.72. The van der Waals surface area contributed by atoms with Crippen molar-refractivity contribution in [1.29, 1.82) is 0 Å². The van der Waals surface area contributed by atoms with E-state index in [1.807, 2.05) is 6.92 Å². The van der Waals surface area contributed by atoms with Crippen LogP contribution in [0.5, 0.6) is 0 Å². The molecule has 0 saturated carbocycles. The number of nitro groups is 1. The van der Waals surface area contributed by atoms with Gasteiger partial charge < -0.3 is 5.73 Å². The molecule has 0 atom stereocenters. The van der Waals surface area contributed by atoms with Crippen LogP contribution in [0.2, 0.25) is 0 Å². The van der Waals surface area contributed by atoms with E-state index in [9.17, 15) is 10.1 Å². The van der Waals surface area contributed by atoms with Gasteiger partial charge in [0.05, 0.1) is 10.6 Å². The van der Waals surface area contributed by atoms with E-state index in [0.717, 1.165) is 10.6 Å². The summed E-state index contributed by atoms with van der Waals surface area (Å²) in [5.41, 5.74) is 6.13. The summed E-state index contributed by atoms with van der Waals surface area (Å²) in [4.78, 5) is 10.8. The number of benzene rings is 1. The van der Waals surface area contributed by atoms with Crippen molar-refractivity contribution in [3.63, 3.8) is 0 Å². The minimum atomic E-state index is -0.448. The second kappa shape index (κ2) is 4.13. The van der Waals surface area contributed by atoms with Gasteiger partial charge in [0.25, 0.3) is 5.69 Å². The number of rotatable bonds is 3. The highest BCUT2D eigenvalue weighted by molar-refractivity contribution is 7.99. The molecule has 0 spiro atoms. The summed E-state index contributed by atoms with van der Waals surface area (Å²) in [5.74, 6) is 0.905. The molecule has 4 nitrogen and oxygen atoms in total. The number of anilines is 1. The normalized spacial score (nSPS) is 9.92. The average molecular weight is 198 g/mol. The van der Waals surface area contributed by atoms with Crippen LogP contribution in [0, 0.1) is 10.1 Å². The smallest absolute Gasteiger partial charge is 0.271 e. The van der Waals surface area contributed by atoms with Gasteiger partial charge >= 0.3 is 0 Å². The van der Waals surface area contributed by atoms with Crippen LogP contribution >= 0.6 is 11.8 Å². The molecular formula is C8H10N2O2S. The molecule has 0 aliphatic heterocycles. The third-order valence-electron chi connectivity index (χ3n) is 1.50. The number of thioether (sulfide) groups is 1. The van der Waals surface area contributed by atoms with E-state index >= 15 is 0 Å². The van der Waals surface area contributed by atoms with Crippen molar-refractivity contribution in [2.75, 3.05) is 11.5 Å². The van der Waals surface area contributed by atoms with Crippen LogP contribution in [0.25, 0.3) is 0 Å². The first kappa shape index (κ1) is 9.85. The van der Waals surface area contributed by atoms with E-state index in [1.165, 1.54) is 12.1 Å². The topological polar surface area (TPSA) is 69.2 Å². The molecule has 1 aromatic carbocycles. The Balaban J connectivity index is 2.98. The molecule has 0 unspecified atom stereocenters. The zero-order valence-corrected chi connectivity index (χ0v) is 8.00. The number of nitrogens with zero attached hydrogens (tertiary/aromatic N) is 1. The first-order chi connectivity index (χ1) is 6.15. The molecule has 0 radical (unpaired) electrons. The average Bonchev–Trinajstić information content (AvgIpc) is 2.08. The number of nitrogens with two attached hydrogens (primary N) is 1. The molecule has 0 aliphatic carbocycles. The lowest BCUT2D eigenvalue weighted by Gasteiger charge is -2.02. The molecule has 2 N–H and O–H groups in total. The Hall–Kier alpha value is -1.23. The monoisotopic (exact) mass is 198 g/mol.